The van der Waals surface area contributed by atoms with Gasteiger partial charge in [0.2, 0.25) is 5.12 Å². The molecule has 2 aromatic carbocycles. The lowest BCUT2D eigenvalue weighted by Gasteiger charge is -1.98. The lowest BCUT2D eigenvalue weighted by molar-refractivity contribution is -0.384. The maximum atomic E-state index is 12.3. The van der Waals surface area contributed by atoms with E-state index in [4.69, 9.17) is 4.42 Å². The van der Waals surface area contributed by atoms with E-state index in [0.717, 1.165) is 23.1 Å². The third kappa shape index (κ3) is 4.49. The minimum absolute atomic E-state index is 0.0360. The Morgan fingerprint density at radius 3 is 2.62 bits per heavy atom. The van der Waals surface area contributed by atoms with E-state index in [1.165, 1.54) is 17.8 Å². The van der Waals surface area contributed by atoms with Crippen LogP contribution < -0.4 is 0 Å². The van der Waals surface area contributed by atoms with E-state index in [1.807, 2.05) is 30.3 Å². The topological polar surface area (TPSA) is 85.7 Å². The van der Waals surface area contributed by atoms with Crippen molar-refractivity contribution < 1.29 is 14.1 Å². The standard InChI is InChI=1S/C21H14N2O4S2/c24-20-17(22-21(29-20)28-13-14-6-2-1-3-7-14)12-15-10-11-19(27-15)16-8-4-5-9-18(16)23(25)26/h1-12H,13H2/b17-12-. The van der Waals surface area contributed by atoms with Crippen LogP contribution in [0.4, 0.5) is 5.69 Å². The summed E-state index contributed by atoms with van der Waals surface area (Å²) in [4.78, 5) is 27.4. The summed E-state index contributed by atoms with van der Waals surface area (Å²) in [6, 6.07) is 19.6. The molecule has 0 bridgehead atoms. The van der Waals surface area contributed by atoms with Gasteiger partial charge >= 0.3 is 0 Å². The summed E-state index contributed by atoms with van der Waals surface area (Å²) in [5.41, 5.74) is 1.81. The first kappa shape index (κ1) is 19.2. The summed E-state index contributed by atoms with van der Waals surface area (Å²) in [7, 11) is 0. The largest absolute Gasteiger partial charge is 0.456 e. The second-order valence-corrected chi connectivity index (χ2v) is 8.23. The molecule has 6 nitrogen and oxygen atoms in total. The Morgan fingerprint density at radius 1 is 1.07 bits per heavy atom. The molecule has 144 valence electrons. The minimum Gasteiger partial charge on any atom is -0.456 e. The van der Waals surface area contributed by atoms with E-state index in [-0.39, 0.29) is 10.8 Å². The number of benzene rings is 2. The van der Waals surface area contributed by atoms with E-state index < -0.39 is 4.92 Å². The maximum Gasteiger partial charge on any atom is 0.280 e. The molecule has 0 fully saturated rings. The molecule has 1 aliphatic heterocycles. The summed E-state index contributed by atoms with van der Waals surface area (Å²) < 4.78 is 6.41. The molecule has 0 spiro atoms. The van der Waals surface area contributed by atoms with Gasteiger partial charge in [0.25, 0.3) is 5.69 Å². The molecule has 1 aromatic heterocycles. The highest BCUT2D eigenvalue weighted by atomic mass is 32.2. The number of thioether (sulfide) groups is 2. The van der Waals surface area contributed by atoms with Gasteiger partial charge < -0.3 is 4.42 Å². The molecular formula is C21H14N2O4S2. The van der Waals surface area contributed by atoms with Crippen LogP contribution in [-0.2, 0) is 10.5 Å². The van der Waals surface area contributed by atoms with Crippen LogP contribution in [0.2, 0.25) is 0 Å². The monoisotopic (exact) mass is 422 g/mol. The molecule has 8 heteroatoms. The van der Waals surface area contributed by atoms with E-state index in [1.54, 1.807) is 36.4 Å². The highest BCUT2D eigenvalue weighted by Gasteiger charge is 2.23. The van der Waals surface area contributed by atoms with Crippen LogP contribution in [0.1, 0.15) is 11.3 Å². The van der Waals surface area contributed by atoms with Crippen LogP contribution in [0.3, 0.4) is 0 Å². The van der Waals surface area contributed by atoms with Gasteiger partial charge in [0.05, 0.1) is 10.5 Å². The SMILES string of the molecule is O=C1SC(SCc2ccccc2)=N/C1=C\c1ccc(-c2ccccc2[N+](=O)[O-])o1. The molecule has 0 unspecified atom stereocenters. The molecule has 0 N–H and O–H groups in total. The third-order valence-electron chi connectivity index (χ3n) is 4.08. The number of furan rings is 1. The average Bonchev–Trinajstić information content (AvgIpc) is 3.34. The number of rotatable bonds is 5. The zero-order chi connectivity index (χ0) is 20.2. The second kappa shape index (κ2) is 8.50. The Hall–Kier alpha value is -3.10. The van der Waals surface area contributed by atoms with Crippen molar-refractivity contribution in [3.8, 4) is 11.3 Å². The molecule has 1 aliphatic rings. The average molecular weight is 422 g/mol. The summed E-state index contributed by atoms with van der Waals surface area (Å²) in [5.74, 6) is 1.51. The summed E-state index contributed by atoms with van der Waals surface area (Å²) in [5, 5.41) is 11.1. The number of aliphatic imine (C=N–C) groups is 1. The smallest absolute Gasteiger partial charge is 0.280 e. The fourth-order valence-corrected chi connectivity index (χ4v) is 4.52. The van der Waals surface area contributed by atoms with Gasteiger partial charge in [0.1, 0.15) is 21.6 Å². The first-order valence-electron chi connectivity index (χ1n) is 8.63. The number of nitro benzene ring substituents is 1. The van der Waals surface area contributed by atoms with Gasteiger partial charge in [-0.15, -0.1) is 0 Å². The van der Waals surface area contributed by atoms with Gasteiger partial charge in [-0.2, -0.15) is 0 Å². The van der Waals surface area contributed by atoms with Crippen LogP contribution in [-0.4, -0.2) is 14.4 Å². The van der Waals surface area contributed by atoms with E-state index in [2.05, 4.69) is 4.99 Å². The number of hydrogen-bond donors (Lipinski definition) is 0. The van der Waals surface area contributed by atoms with Gasteiger partial charge in [0, 0.05) is 17.9 Å². The van der Waals surface area contributed by atoms with Crippen LogP contribution in [0, 0.1) is 10.1 Å². The van der Waals surface area contributed by atoms with E-state index in [9.17, 15) is 14.9 Å². The summed E-state index contributed by atoms with van der Waals surface area (Å²) >= 11 is 2.60. The molecule has 3 aromatic rings. The van der Waals surface area contributed by atoms with Crippen molar-refractivity contribution in [3.05, 3.63) is 93.9 Å². The predicted octanol–water partition coefficient (Wildman–Crippen LogP) is 5.76. The van der Waals surface area contributed by atoms with Crippen LogP contribution >= 0.6 is 23.5 Å². The number of nitro groups is 1. The lowest BCUT2D eigenvalue weighted by atomic mass is 10.1. The fraction of sp³-hybridized carbons (Fsp3) is 0.0476. The van der Waals surface area contributed by atoms with Gasteiger partial charge in [0.15, 0.2) is 0 Å². The van der Waals surface area contributed by atoms with Crippen LogP contribution in [0.15, 0.2) is 81.8 Å². The Labute approximate surface area is 174 Å². The molecule has 4 rings (SSSR count). The number of nitrogens with zero attached hydrogens (tertiary/aromatic N) is 2. The van der Waals surface area contributed by atoms with Crippen molar-refractivity contribution in [1.82, 2.24) is 0 Å². The fourth-order valence-electron chi connectivity index (χ4n) is 2.72. The molecule has 0 saturated heterocycles. The molecule has 0 saturated carbocycles. The van der Waals surface area contributed by atoms with Crippen molar-refractivity contribution in [2.45, 2.75) is 5.75 Å². The van der Waals surface area contributed by atoms with Crippen molar-refractivity contribution in [1.29, 1.82) is 0 Å². The molecule has 29 heavy (non-hydrogen) atoms. The van der Waals surface area contributed by atoms with Crippen molar-refractivity contribution in [2.24, 2.45) is 4.99 Å². The normalized spacial score (nSPS) is 15.0. The first-order valence-corrected chi connectivity index (χ1v) is 10.4. The van der Waals surface area contributed by atoms with Crippen LogP contribution in [0.5, 0.6) is 0 Å². The molecule has 2 heterocycles. The van der Waals surface area contributed by atoms with Crippen molar-refractivity contribution in [2.75, 3.05) is 0 Å². The molecular weight excluding hydrogens is 408 g/mol. The van der Waals surface area contributed by atoms with Crippen molar-refractivity contribution in [3.63, 3.8) is 0 Å². The first-order chi connectivity index (χ1) is 14.1. The van der Waals surface area contributed by atoms with Crippen molar-refractivity contribution >= 4 is 44.8 Å². The zero-order valence-corrected chi connectivity index (χ0v) is 16.6. The summed E-state index contributed by atoms with van der Waals surface area (Å²) in [6.07, 6.45) is 1.56. The molecule has 0 radical (unpaired) electrons. The van der Waals surface area contributed by atoms with Gasteiger partial charge in [-0.1, -0.05) is 54.2 Å². The highest BCUT2D eigenvalue weighted by Crippen LogP contribution is 2.34. The lowest BCUT2D eigenvalue weighted by Crippen LogP contribution is -1.90. The van der Waals surface area contributed by atoms with Gasteiger partial charge in [-0.05, 0) is 35.5 Å². The Morgan fingerprint density at radius 2 is 1.83 bits per heavy atom. The molecule has 0 aliphatic carbocycles. The number of carbonyl (C=O) groups excluding carboxylic acids is 1. The van der Waals surface area contributed by atoms with Gasteiger partial charge in [-0.3, -0.25) is 14.9 Å². The maximum absolute atomic E-state index is 12.3. The highest BCUT2D eigenvalue weighted by molar-refractivity contribution is 8.45. The Balaban J connectivity index is 1.52. The zero-order valence-electron chi connectivity index (χ0n) is 15.0. The minimum atomic E-state index is -0.451. The quantitative estimate of drug-likeness (QED) is 0.295. The second-order valence-electron chi connectivity index (χ2n) is 6.05. The Kier molecular flexibility index (Phi) is 5.64. The van der Waals surface area contributed by atoms with E-state index in [0.29, 0.717) is 27.2 Å². The Bertz CT molecular complexity index is 1140. The number of para-hydroxylation sites is 1. The molecule has 0 amide bonds. The van der Waals surface area contributed by atoms with Gasteiger partial charge in [-0.25, -0.2) is 4.99 Å². The number of carbonyl (C=O) groups is 1. The van der Waals surface area contributed by atoms with E-state index >= 15 is 0 Å². The predicted molar refractivity (Wildman–Crippen MR) is 117 cm³/mol. The van der Waals surface area contributed by atoms with Crippen LogP contribution in [0.25, 0.3) is 17.4 Å². The molecule has 0 atom stereocenters. The summed E-state index contributed by atoms with van der Waals surface area (Å²) in [6.45, 7) is 0. The number of hydrogen-bond acceptors (Lipinski definition) is 7. The third-order valence-corrected chi connectivity index (χ3v) is 6.16.